The number of anilines is 1. The van der Waals surface area contributed by atoms with E-state index in [0.717, 1.165) is 5.01 Å². The Bertz CT molecular complexity index is 1050. The lowest BCUT2D eigenvalue weighted by molar-refractivity contribution is -0.139. The van der Waals surface area contributed by atoms with Gasteiger partial charge in [0.15, 0.2) is 0 Å². The summed E-state index contributed by atoms with van der Waals surface area (Å²) in [6.07, 6.45) is -0.307. The van der Waals surface area contributed by atoms with Gasteiger partial charge >= 0.3 is 12.1 Å². The molecule has 1 aliphatic rings. The van der Waals surface area contributed by atoms with Gasteiger partial charge in [-0.3, -0.25) is 20.3 Å². The van der Waals surface area contributed by atoms with Crippen molar-refractivity contribution < 1.29 is 23.9 Å². The van der Waals surface area contributed by atoms with Gasteiger partial charge in [-0.2, -0.15) is 5.01 Å². The third kappa shape index (κ3) is 5.49. The van der Waals surface area contributed by atoms with Gasteiger partial charge in [-0.05, 0) is 50.5 Å². The van der Waals surface area contributed by atoms with Crippen molar-refractivity contribution in [3.05, 3.63) is 65.7 Å². The molecule has 1 unspecified atom stereocenters. The SMILES string of the molecule is CCC1(c2ccccc2)NC(=O)N(NC(=O)Cc2ccc(NC(=O)OC(C)(C)C)cc2)C1=O. The van der Waals surface area contributed by atoms with E-state index in [9.17, 15) is 19.2 Å². The molecule has 5 amide bonds. The number of nitrogens with zero attached hydrogens (tertiary/aromatic N) is 1. The van der Waals surface area contributed by atoms with Gasteiger partial charge in [-0.1, -0.05) is 49.4 Å². The van der Waals surface area contributed by atoms with Gasteiger partial charge in [0.05, 0.1) is 6.42 Å². The van der Waals surface area contributed by atoms with Crippen molar-refractivity contribution in [1.82, 2.24) is 15.8 Å². The number of urea groups is 1. The van der Waals surface area contributed by atoms with Gasteiger partial charge in [0, 0.05) is 5.69 Å². The van der Waals surface area contributed by atoms with E-state index in [4.69, 9.17) is 4.74 Å². The van der Waals surface area contributed by atoms with Crippen LogP contribution in [0.2, 0.25) is 0 Å². The van der Waals surface area contributed by atoms with E-state index < -0.39 is 35.1 Å². The summed E-state index contributed by atoms with van der Waals surface area (Å²) in [7, 11) is 0. The number of rotatable bonds is 6. The standard InChI is InChI=1S/C24H28N4O5/c1-5-24(17-9-7-6-8-10-17)20(30)28(21(31)26-24)27-19(29)15-16-11-13-18(14-12-16)25-22(32)33-23(2,3)4/h6-14H,5,15H2,1-4H3,(H,25,32)(H,26,31)(H,27,29). The summed E-state index contributed by atoms with van der Waals surface area (Å²) >= 11 is 0. The summed E-state index contributed by atoms with van der Waals surface area (Å²) in [5.41, 5.74) is 2.36. The number of hydrazine groups is 1. The highest BCUT2D eigenvalue weighted by Gasteiger charge is 2.52. The van der Waals surface area contributed by atoms with Crippen LogP contribution in [-0.4, -0.2) is 34.5 Å². The highest BCUT2D eigenvalue weighted by molar-refractivity contribution is 6.08. The Morgan fingerprint density at radius 2 is 1.67 bits per heavy atom. The fourth-order valence-corrected chi connectivity index (χ4v) is 3.52. The van der Waals surface area contributed by atoms with E-state index in [-0.39, 0.29) is 6.42 Å². The van der Waals surface area contributed by atoms with Crippen LogP contribution in [0.1, 0.15) is 45.2 Å². The van der Waals surface area contributed by atoms with Crippen molar-refractivity contribution in [3.8, 4) is 0 Å². The van der Waals surface area contributed by atoms with Crippen molar-refractivity contribution in [2.45, 2.75) is 51.7 Å². The number of imide groups is 1. The minimum Gasteiger partial charge on any atom is -0.444 e. The largest absolute Gasteiger partial charge is 0.444 e. The number of benzene rings is 2. The quantitative estimate of drug-likeness (QED) is 0.581. The maximum atomic E-state index is 13.1. The molecule has 3 N–H and O–H groups in total. The van der Waals surface area contributed by atoms with Gasteiger partial charge in [-0.25, -0.2) is 9.59 Å². The maximum absolute atomic E-state index is 13.1. The lowest BCUT2D eigenvalue weighted by Gasteiger charge is -2.25. The smallest absolute Gasteiger partial charge is 0.412 e. The first kappa shape index (κ1) is 23.8. The van der Waals surface area contributed by atoms with E-state index in [1.807, 2.05) is 6.07 Å². The second kappa shape index (κ2) is 9.32. The fourth-order valence-electron chi connectivity index (χ4n) is 3.52. The number of hydrogen-bond acceptors (Lipinski definition) is 5. The van der Waals surface area contributed by atoms with E-state index in [0.29, 0.717) is 23.2 Å². The summed E-state index contributed by atoms with van der Waals surface area (Å²) in [5.74, 6) is -1.06. The molecule has 1 heterocycles. The Morgan fingerprint density at radius 1 is 1.03 bits per heavy atom. The molecule has 0 spiro atoms. The van der Waals surface area contributed by atoms with Crippen LogP contribution in [0.3, 0.4) is 0 Å². The Hall–Kier alpha value is -3.88. The van der Waals surface area contributed by atoms with Crippen LogP contribution < -0.4 is 16.1 Å². The predicted octanol–water partition coefficient (Wildman–Crippen LogP) is 3.46. The fraction of sp³-hybridized carbons (Fsp3) is 0.333. The first-order valence-electron chi connectivity index (χ1n) is 10.6. The van der Waals surface area contributed by atoms with Crippen molar-refractivity contribution in [1.29, 1.82) is 0 Å². The molecule has 0 radical (unpaired) electrons. The van der Waals surface area contributed by atoms with E-state index in [1.54, 1.807) is 76.2 Å². The molecule has 0 bridgehead atoms. The van der Waals surface area contributed by atoms with E-state index in [1.165, 1.54) is 0 Å². The maximum Gasteiger partial charge on any atom is 0.412 e. The van der Waals surface area contributed by atoms with Crippen LogP contribution in [0.5, 0.6) is 0 Å². The molecule has 1 aliphatic heterocycles. The number of nitrogens with one attached hydrogen (secondary N) is 3. The van der Waals surface area contributed by atoms with Gasteiger partial charge in [-0.15, -0.1) is 0 Å². The molecule has 9 heteroatoms. The first-order chi connectivity index (χ1) is 15.5. The van der Waals surface area contributed by atoms with Crippen molar-refractivity contribution in [2.75, 3.05) is 5.32 Å². The Labute approximate surface area is 192 Å². The van der Waals surface area contributed by atoms with Gasteiger partial charge < -0.3 is 10.1 Å². The zero-order valence-electron chi connectivity index (χ0n) is 19.1. The van der Waals surface area contributed by atoms with E-state index in [2.05, 4.69) is 16.1 Å². The molecule has 1 atom stereocenters. The van der Waals surface area contributed by atoms with Crippen molar-refractivity contribution in [2.24, 2.45) is 0 Å². The molecule has 0 aliphatic carbocycles. The summed E-state index contributed by atoms with van der Waals surface area (Å²) < 4.78 is 5.20. The second-order valence-electron chi connectivity index (χ2n) is 8.73. The lowest BCUT2D eigenvalue weighted by atomic mass is 9.87. The highest BCUT2D eigenvalue weighted by Crippen LogP contribution is 2.31. The van der Waals surface area contributed by atoms with Crippen LogP contribution in [0, 0.1) is 0 Å². The highest BCUT2D eigenvalue weighted by atomic mass is 16.6. The summed E-state index contributed by atoms with van der Waals surface area (Å²) in [6.45, 7) is 7.10. The molecule has 1 fully saturated rings. The number of carbonyl (C=O) groups excluding carboxylic acids is 4. The van der Waals surface area contributed by atoms with Gasteiger partial charge in [0.2, 0.25) is 5.91 Å². The number of ether oxygens (including phenoxy) is 1. The Morgan fingerprint density at radius 3 is 2.24 bits per heavy atom. The predicted molar refractivity (Wildman–Crippen MR) is 122 cm³/mol. The molecule has 0 aromatic heterocycles. The van der Waals surface area contributed by atoms with Crippen molar-refractivity contribution in [3.63, 3.8) is 0 Å². The summed E-state index contributed by atoms with van der Waals surface area (Å²) in [4.78, 5) is 50.0. The topological polar surface area (TPSA) is 117 Å². The zero-order valence-corrected chi connectivity index (χ0v) is 19.1. The molecular formula is C24H28N4O5. The van der Waals surface area contributed by atoms with Gasteiger partial charge in [0.25, 0.3) is 5.91 Å². The molecule has 3 rings (SSSR count). The number of carbonyl (C=O) groups is 4. The first-order valence-corrected chi connectivity index (χ1v) is 10.6. The molecule has 2 aromatic carbocycles. The number of hydrogen-bond donors (Lipinski definition) is 3. The van der Waals surface area contributed by atoms with Crippen LogP contribution in [0.4, 0.5) is 15.3 Å². The average molecular weight is 453 g/mol. The Balaban J connectivity index is 1.62. The van der Waals surface area contributed by atoms with E-state index >= 15 is 0 Å². The molecule has 2 aromatic rings. The Kier molecular flexibility index (Phi) is 6.71. The van der Waals surface area contributed by atoms with Crippen LogP contribution in [0.15, 0.2) is 54.6 Å². The van der Waals surface area contributed by atoms with Crippen LogP contribution in [-0.2, 0) is 26.3 Å². The average Bonchev–Trinajstić information content (AvgIpc) is 2.99. The van der Waals surface area contributed by atoms with Crippen molar-refractivity contribution >= 4 is 29.6 Å². The normalized spacial score (nSPS) is 18.0. The van der Waals surface area contributed by atoms with Gasteiger partial charge in [0.1, 0.15) is 11.1 Å². The third-order valence-electron chi connectivity index (χ3n) is 5.09. The molecule has 0 saturated carbocycles. The number of amides is 5. The summed E-state index contributed by atoms with van der Waals surface area (Å²) in [6, 6.07) is 14.8. The summed E-state index contributed by atoms with van der Waals surface area (Å²) in [5, 5.41) is 6.06. The molecular weight excluding hydrogens is 424 g/mol. The minimum atomic E-state index is -1.22. The zero-order chi connectivity index (χ0) is 24.2. The molecule has 174 valence electrons. The molecule has 9 nitrogen and oxygen atoms in total. The lowest BCUT2D eigenvalue weighted by Crippen LogP contribution is -2.49. The third-order valence-corrected chi connectivity index (χ3v) is 5.09. The second-order valence-corrected chi connectivity index (χ2v) is 8.73. The molecule has 33 heavy (non-hydrogen) atoms. The molecule has 1 saturated heterocycles. The van der Waals surface area contributed by atoms with Crippen LogP contribution in [0.25, 0.3) is 0 Å². The van der Waals surface area contributed by atoms with Crippen LogP contribution >= 0.6 is 0 Å². The monoisotopic (exact) mass is 452 g/mol. The minimum absolute atomic E-state index is 0.0613.